The van der Waals surface area contributed by atoms with Gasteiger partial charge in [-0.1, -0.05) is 44.2 Å². The van der Waals surface area contributed by atoms with E-state index in [0.29, 0.717) is 5.92 Å². The van der Waals surface area contributed by atoms with E-state index in [1.54, 1.807) is 0 Å². The molecule has 22 heavy (non-hydrogen) atoms. The highest BCUT2D eigenvalue weighted by Crippen LogP contribution is 2.36. The molecule has 0 aliphatic carbocycles. The number of nitrogens with zero attached hydrogens (tertiary/aromatic N) is 1. The average molecular weight is 298 g/mol. The lowest BCUT2D eigenvalue weighted by molar-refractivity contribution is 0.0195. The van der Waals surface area contributed by atoms with Gasteiger partial charge >= 0.3 is 0 Å². The monoisotopic (exact) mass is 298 g/mol. The van der Waals surface area contributed by atoms with E-state index in [4.69, 9.17) is 0 Å². The van der Waals surface area contributed by atoms with Gasteiger partial charge in [0.05, 0.1) is 0 Å². The summed E-state index contributed by atoms with van der Waals surface area (Å²) in [7, 11) is 0. The molecule has 4 atom stereocenters. The van der Waals surface area contributed by atoms with Crippen LogP contribution in [0.5, 0.6) is 0 Å². The maximum Gasteiger partial charge on any atom is 0.0223 e. The SMILES string of the molecule is C=C[C@H]1CN2CC[C@H]1C[C@@H]2CNCc1ccc(C(C)C)cc1. The summed E-state index contributed by atoms with van der Waals surface area (Å²) >= 11 is 0. The molecule has 3 fully saturated rings. The van der Waals surface area contributed by atoms with Gasteiger partial charge in [-0.3, -0.25) is 4.90 Å². The molecule has 2 heteroatoms. The van der Waals surface area contributed by atoms with Crippen molar-refractivity contribution >= 4 is 0 Å². The normalized spacial score (nSPS) is 30.7. The Kier molecular flexibility index (Phi) is 5.00. The zero-order chi connectivity index (χ0) is 15.5. The summed E-state index contributed by atoms with van der Waals surface area (Å²) in [6, 6.07) is 9.79. The first-order valence-electron chi connectivity index (χ1n) is 8.83. The Morgan fingerprint density at radius 3 is 2.68 bits per heavy atom. The fourth-order valence-corrected chi connectivity index (χ4v) is 4.06. The standard InChI is InChI=1S/C20H30N2/c1-4-17-14-22-10-9-19(17)11-20(22)13-21-12-16-5-7-18(8-6-16)15(2)3/h4-8,15,17,19-21H,1,9-14H2,2-3H3/t17-,19-,20+/m0/s1. The topological polar surface area (TPSA) is 15.3 Å². The van der Waals surface area contributed by atoms with Crippen LogP contribution in [-0.4, -0.2) is 30.6 Å². The number of hydrogen-bond acceptors (Lipinski definition) is 2. The number of rotatable bonds is 6. The average Bonchev–Trinajstić information content (AvgIpc) is 2.56. The van der Waals surface area contributed by atoms with Gasteiger partial charge in [0.25, 0.3) is 0 Å². The first kappa shape index (κ1) is 15.8. The summed E-state index contributed by atoms with van der Waals surface area (Å²) in [5, 5.41) is 3.67. The van der Waals surface area contributed by atoms with Crippen LogP contribution < -0.4 is 5.32 Å². The van der Waals surface area contributed by atoms with E-state index < -0.39 is 0 Å². The number of nitrogens with one attached hydrogen (secondary N) is 1. The molecule has 1 unspecified atom stereocenters. The van der Waals surface area contributed by atoms with Crippen molar-refractivity contribution in [3.05, 3.63) is 48.0 Å². The van der Waals surface area contributed by atoms with Crippen molar-refractivity contribution in [3.63, 3.8) is 0 Å². The third-order valence-electron chi connectivity index (χ3n) is 5.59. The summed E-state index contributed by atoms with van der Waals surface area (Å²) in [6.07, 6.45) is 4.89. The summed E-state index contributed by atoms with van der Waals surface area (Å²) in [6.45, 7) is 13.1. The van der Waals surface area contributed by atoms with E-state index >= 15 is 0 Å². The van der Waals surface area contributed by atoms with Crippen LogP contribution in [-0.2, 0) is 6.54 Å². The summed E-state index contributed by atoms with van der Waals surface area (Å²) in [5.74, 6) is 2.22. The molecule has 120 valence electrons. The molecule has 3 saturated heterocycles. The van der Waals surface area contributed by atoms with Crippen molar-refractivity contribution in [1.82, 2.24) is 10.2 Å². The Morgan fingerprint density at radius 1 is 1.32 bits per heavy atom. The van der Waals surface area contributed by atoms with Crippen molar-refractivity contribution in [2.45, 2.75) is 45.2 Å². The highest BCUT2D eigenvalue weighted by Gasteiger charge is 2.38. The lowest BCUT2D eigenvalue weighted by Crippen LogP contribution is -2.55. The third-order valence-corrected chi connectivity index (χ3v) is 5.59. The lowest BCUT2D eigenvalue weighted by atomic mass is 9.75. The van der Waals surface area contributed by atoms with E-state index in [1.165, 1.54) is 37.1 Å². The van der Waals surface area contributed by atoms with Crippen LogP contribution in [0, 0.1) is 11.8 Å². The summed E-state index contributed by atoms with van der Waals surface area (Å²) in [5.41, 5.74) is 2.82. The minimum absolute atomic E-state index is 0.616. The van der Waals surface area contributed by atoms with E-state index in [9.17, 15) is 0 Å². The fraction of sp³-hybridized carbons (Fsp3) is 0.600. The van der Waals surface area contributed by atoms with Gasteiger partial charge in [0, 0.05) is 25.7 Å². The molecule has 0 aromatic heterocycles. The van der Waals surface area contributed by atoms with Gasteiger partial charge < -0.3 is 5.32 Å². The molecule has 4 rings (SSSR count). The molecule has 3 heterocycles. The highest BCUT2D eigenvalue weighted by atomic mass is 15.2. The lowest BCUT2D eigenvalue weighted by Gasteiger charge is -2.49. The summed E-state index contributed by atoms with van der Waals surface area (Å²) < 4.78 is 0. The molecule has 1 aromatic rings. The first-order valence-corrected chi connectivity index (χ1v) is 8.83. The Bertz CT molecular complexity index is 491. The molecule has 0 spiro atoms. The maximum atomic E-state index is 4.01. The van der Waals surface area contributed by atoms with Gasteiger partial charge in [0.1, 0.15) is 0 Å². The molecule has 1 N–H and O–H groups in total. The largest absolute Gasteiger partial charge is 0.311 e. The van der Waals surface area contributed by atoms with Gasteiger partial charge in [-0.25, -0.2) is 0 Å². The Balaban J connectivity index is 1.46. The molecule has 0 saturated carbocycles. The van der Waals surface area contributed by atoms with Crippen molar-refractivity contribution in [2.75, 3.05) is 19.6 Å². The molecule has 2 bridgehead atoms. The second-order valence-corrected chi connectivity index (χ2v) is 7.36. The van der Waals surface area contributed by atoms with E-state index in [-0.39, 0.29) is 0 Å². The van der Waals surface area contributed by atoms with E-state index in [2.05, 4.69) is 61.0 Å². The van der Waals surface area contributed by atoms with Crippen LogP contribution in [0.25, 0.3) is 0 Å². The molecule has 0 amide bonds. The second kappa shape index (κ2) is 6.97. The fourth-order valence-electron chi connectivity index (χ4n) is 4.06. The van der Waals surface area contributed by atoms with Crippen LogP contribution in [0.3, 0.4) is 0 Å². The number of piperidine rings is 3. The third kappa shape index (κ3) is 3.44. The zero-order valence-electron chi connectivity index (χ0n) is 14.1. The second-order valence-electron chi connectivity index (χ2n) is 7.36. The van der Waals surface area contributed by atoms with Crippen molar-refractivity contribution in [3.8, 4) is 0 Å². The van der Waals surface area contributed by atoms with E-state index in [0.717, 1.165) is 31.0 Å². The number of hydrogen-bond donors (Lipinski definition) is 1. The van der Waals surface area contributed by atoms with Gasteiger partial charge in [0.15, 0.2) is 0 Å². The van der Waals surface area contributed by atoms with Gasteiger partial charge in [-0.05, 0) is 48.3 Å². The zero-order valence-corrected chi connectivity index (χ0v) is 14.1. The number of fused-ring (bicyclic) bond motifs is 3. The summed E-state index contributed by atoms with van der Waals surface area (Å²) in [4.78, 5) is 2.67. The van der Waals surface area contributed by atoms with Crippen LogP contribution in [0.2, 0.25) is 0 Å². The molecule has 2 nitrogen and oxygen atoms in total. The van der Waals surface area contributed by atoms with Crippen molar-refractivity contribution < 1.29 is 0 Å². The molecular formula is C20H30N2. The molecule has 0 radical (unpaired) electrons. The van der Waals surface area contributed by atoms with Gasteiger partial charge in [-0.2, -0.15) is 0 Å². The Hall–Kier alpha value is -1.12. The Morgan fingerprint density at radius 2 is 2.09 bits per heavy atom. The predicted molar refractivity (Wildman–Crippen MR) is 94.0 cm³/mol. The van der Waals surface area contributed by atoms with Crippen LogP contribution >= 0.6 is 0 Å². The smallest absolute Gasteiger partial charge is 0.0223 e. The molecular weight excluding hydrogens is 268 g/mol. The van der Waals surface area contributed by atoms with Crippen LogP contribution in [0.1, 0.15) is 43.7 Å². The van der Waals surface area contributed by atoms with E-state index in [1.807, 2.05) is 0 Å². The minimum atomic E-state index is 0.616. The van der Waals surface area contributed by atoms with Gasteiger partial charge in [-0.15, -0.1) is 6.58 Å². The minimum Gasteiger partial charge on any atom is -0.311 e. The molecule has 3 aliphatic heterocycles. The molecule has 3 aliphatic rings. The maximum absolute atomic E-state index is 4.01. The quantitative estimate of drug-likeness (QED) is 0.804. The van der Waals surface area contributed by atoms with Crippen molar-refractivity contribution in [2.24, 2.45) is 11.8 Å². The highest BCUT2D eigenvalue weighted by molar-refractivity contribution is 5.24. The van der Waals surface area contributed by atoms with Gasteiger partial charge in [0.2, 0.25) is 0 Å². The van der Waals surface area contributed by atoms with Crippen LogP contribution in [0.15, 0.2) is 36.9 Å². The molecule has 1 aromatic carbocycles. The first-order chi connectivity index (χ1) is 10.7. The van der Waals surface area contributed by atoms with Crippen LogP contribution in [0.4, 0.5) is 0 Å². The Labute approximate surface area is 135 Å². The predicted octanol–water partition coefficient (Wildman–Crippen LogP) is 3.80. The van der Waals surface area contributed by atoms with Crippen molar-refractivity contribution in [1.29, 1.82) is 0 Å². The number of benzene rings is 1.